The van der Waals surface area contributed by atoms with E-state index in [0.29, 0.717) is 11.3 Å². The standard InChI is InChI=1S/C13H10ClN3O2/c14-11(16-8-4-2-1-3-5-8)9-6-7-10(13(18)19)17-12(9)15/h1-7H,(H2,15,17)(H,18,19). The van der Waals surface area contributed by atoms with Crippen LogP contribution in [0.15, 0.2) is 47.5 Å². The van der Waals surface area contributed by atoms with E-state index in [1.54, 1.807) is 12.1 Å². The highest BCUT2D eigenvalue weighted by molar-refractivity contribution is 6.70. The van der Waals surface area contributed by atoms with Gasteiger partial charge in [0.25, 0.3) is 0 Å². The van der Waals surface area contributed by atoms with E-state index in [4.69, 9.17) is 22.4 Å². The molecule has 0 unspecified atom stereocenters. The van der Waals surface area contributed by atoms with Crippen LogP contribution in [0.1, 0.15) is 16.1 Å². The summed E-state index contributed by atoms with van der Waals surface area (Å²) in [6.45, 7) is 0. The largest absolute Gasteiger partial charge is 0.477 e. The number of pyridine rings is 1. The Labute approximate surface area is 114 Å². The Morgan fingerprint density at radius 3 is 2.47 bits per heavy atom. The van der Waals surface area contributed by atoms with Crippen LogP contribution in [-0.4, -0.2) is 21.2 Å². The number of nitrogens with zero attached hydrogens (tertiary/aromatic N) is 2. The number of aromatic nitrogens is 1. The SMILES string of the molecule is Nc1nc(C(=O)O)ccc1C(Cl)=Nc1ccccc1. The van der Waals surface area contributed by atoms with Gasteiger partial charge in [0.15, 0.2) is 5.69 Å². The summed E-state index contributed by atoms with van der Waals surface area (Å²) in [6, 6.07) is 11.9. The Kier molecular flexibility index (Phi) is 3.77. The average molecular weight is 276 g/mol. The highest BCUT2D eigenvalue weighted by atomic mass is 35.5. The zero-order chi connectivity index (χ0) is 13.8. The fourth-order valence-electron chi connectivity index (χ4n) is 1.44. The molecule has 1 heterocycles. The van der Waals surface area contributed by atoms with Gasteiger partial charge in [-0.25, -0.2) is 14.8 Å². The van der Waals surface area contributed by atoms with Crippen molar-refractivity contribution in [2.75, 3.05) is 5.73 Å². The van der Waals surface area contributed by atoms with E-state index < -0.39 is 5.97 Å². The molecule has 5 nitrogen and oxygen atoms in total. The lowest BCUT2D eigenvalue weighted by Crippen LogP contribution is -2.07. The van der Waals surface area contributed by atoms with Crippen molar-refractivity contribution in [3.8, 4) is 0 Å². The lowest BCUT2D eigenvalue weighted by atomic mass is 10.2. The third-order valence-corrected chi connectivity index (χ3v) is 2.64. The fourth-order valence-corrected chi connectivity index (χ4v) is 1.70. The number of para-hydroxylation sites is 1. The van der Waals surface area contributed by atoms with Crippen LogP contribution >= 0.6 is 11.6 Å². The second-order valence-electron chi connectivity index (χ2n) is 3.67. The molecule has 1 aromatic carbocycles. The van der Waals surface area contributed by atoms with Gasteiger partial charge in [0.05, 0.1) is 11.3 Å². The highest BCUT2D eigenvalue weighted by Crippen LogP contribution is 2.18. The summed E-state index contributed by atoms with van der Waals surface area (Å²) in [7, 11) is 0. The summed E-state index contributed by atoms with van der Waals surface area (Å²) >= 11 is 6.06. The molecule has 0 amide bonds. The van der Waals surface area contributed by atoms with Gasteiger partial charge in [0.1, 0.15) is 11.0 Å². The van der Waals surface area contributed by atoms with Gasteiger partial charge in [-0.1, -0.05) is 29.8 Å². The molecule has 0 atom stereocenters. The van der Waals surface area contributed by atoms with E-state index in [0.717, 1.165) is 0 Å². The third kappa shape index (κ3) is 3.08. The third-order valence-electron chi connectivity index (χ3n) is 2.35. The summed E-state index contributed by atoms with van der Waals surface area (Å²) in [5.41, 5.74) is 6.61. The van der Waals surface area contributed by atoms with Gasteiger partial charge < -0.3 is 10.8 Å². The molecule has 0 aliphatic heterocycles. The van der Waals surface area contributed by atoms with E-state index >= 15 is 0 Å². The van der Waals surface area contributed by atoms with Crippen molar-refractivity contribution in [2.45, 2.75) is 0 Å². The monoisotopic (exact) mass is 275 g/mol. The second-order valence-corrected chi connectivity index (χ2v) is 4.03. The maximum atomic E-state index is 10.7. The average Bonchev–Trinajstić information content (AvgIpc) is 2.39. The Hall–Kier alpha value is -2.40. The molecular formula is C13H10ClN3O2. The normalized spacial score (nSPS) is 11.3. The molecular weight excluding hydrogens is 266 g/mol. The van der Waals surface area contributed by atoms with Crippen LogP contribution in [0.5, 0.6) is 0 Å². The lowest BCUT2D eigenvalue weighted by Gasteiger charge is -2.04. The quantitative estimate of drug-likeness (QED) is 0.843. The molecule has 19 heavy (non-hydrogen) atoms. The van der Waals surface area contributed by atoms with E-state index in [1.807, 2.05) is 18.2 Å². The van der Waals surface area contributed by atoms with E-state index in [2.05, 4.69) is 9.98 Å². The van der Waals surface area contributed by atoms with Crippen molar-refractivity contribution >= 4 is 34.2 Å². The highest BCUT2D eigenvalue weighted by Gasteiger charge is 2.11. The zero-order valence-electron chi connectivity index (χ0n) is 9.75. The van der Waals surface area contributed by atoms with E-state index in [-0.39, 0.29) is 16.7 Å². The first-order valence-corrected chi connectivity index (χ1v) is 5.75. The molecule has 2 rings (SSSR count). The first kappa shape index (κ1) is 13.0. The molecule has 96 valence electrons. The zero-order valence-corrected chi connectivity index (χ0v) is 10.5. The number of anilines is 1. The number of halogens is 1. The molecule has 0 radical (unpaired) electrons. The summed E-state index contributed by atoms with van der Waals surface area (Å²) in [5.74, 6) is -1.11. The summed E-state index contributed by atoms with van der Waals surface area (Å²) < 4.78 is 0. The molecule has 2 aromatic rings. The Balaban J connectivity index is 2.37. The maximum absolute atomic E-state index is 10.7. The van der Waals surface area contributed by atoms with Crippen LogP contribution in [0.3, 0.4) is 0 Å². The number of nitrogens with two attached hydrogens (primary N) is 1. The molecule has 0 spiro atoms. The topological polar surface area (TPSA) is 88.6 Å². The van der Waals surface area contributed by atoms with Crippen molar-refractivity contribution in [2.24, 2.45) is 4.99 Å². The predicted molar refractivity (Wildman–Crippen MR) is 74.1 cm³/mol. The summed E-state index contributed by atoms with van der Waals surface area (Å²) in [4.78, 5) is 18.7. The van der Waals surface area contributed by atoms with Crippen LogP contribution in [-0.2, 0) is 0 Å². The number of carbonyl (C=O) groups is 1. The second kappa shape index (κ2) is 5.49. The van der Waals surface area contributed by atoms with E-state index in [9.17, 15) is 4.79 Å². The van der Waals surface area contributed by atoms with Crippen molar-refractivity contribution in [3.05, 3.63) is 53.7 Å². The summed E-state index contributed by atoms with van der Waals surface area (Å²) in [5, 5.41) is 8.95. The number of nitrogen functional groups attached to an aromatic ring is 1. The molecule has 1 aromatic heterocycles. The van der Waals surface area contributed by atoms with Crippen molar-refractivity contribution < 1.29 is 9.90 Å². The number of aliphatic imine (C=N–C) groups is 1. The van der Waals surface area contributed by atoms with Gasteiger partial charge in [-0.3, -0.25) is 0 Å². The van der Waals surface area contributed by atoms with Gasteiger partial charge in [-0.05, 0) is 24.3 Å². The first-order chi connectivity index (χ1) is 9.08. The fraction of sp³-hybridized carbons (Fsp3) is 0. The number of rotatable bonds is 3. The number of benzene rings is 1. The molecule has 0 saturated carbocycles. The van der Waals surface area contributed by atoms with Crippen molar-refractivity contribution in [3.63, 3.8) is 0 Å². The number of hydrogen-bond donors (Lipinski definition) is 2. The summed E-state index contributed by atoms with van der Waals surface area (Å²) in [6.07, 6.45) is 0. The van der Waals surface area contributed by atoms with E-state index in [1.165, 1.54) is 12.1 Å². The minimum absolute atomic E-state index is 0.0320. The van der Waals surface area contributed by atoms with Crippen LogP contribution < -0.4 is 5.73 Å². The van der Waals surface area contributed by atoms with Crippen molar-refractivity contribution in [1.29, 1.82) is 0 Å². The molecule has 0 bridgehead atoms. The van der Waals surface area contributed by atoms with Gasteiger partial charge in [0, 0.05) is 0 Å². The van der Waals surface area contributed by atoms with Gasteiger partial charge in [0.2, 0.25) is 0 Å². The van der Waals surface area contributed by atoms with Gasteiger partial charge in [-0.15, -0.1) is 0 Å². The molecule has 3 N–H and O–H groups in total. The molecule has 0 aliphatic carbocycles. The predicted octanol–water partition coefficient (Wildman–Crippen LogP) is 2.68. The molecule has 0 saturated heterocycles. The molecule has 0 fully saturated rings. The molecule has 0 aliphatic rings. The smallest absolute Gasteiger partial charge is 0.354 e. The minimum Gasteiger partial charge on any atom is -0.477 e. The first-order valence-electron chi connectivity index (χ1n) is 5.37. The van der Waals surface area contributed by atoms with Crippen molar-refractivity contribution in [1.82, 2.24) is 4.98 Å². The van der Waals surface area contributed by atoms with Crippen LogP contribution in [0.25, 0.3) is 0 Å². The van der Waals surface area contributed by atoms with Gasteiger partial charge in [-0.2, -0.15) is 0 Å². The number of hydrogen-bond acceptors (Lipinski definition) is 4. The Bertz CT molecular complexity index is 642. The van der Waals surface area contributed by atoms with Crippen LogP contribution in [0.4, 0.5) is 11.5 Å². The lowest BCUT2D eigenvalue weighted by molar-refractivity contribution is 0.0690. The Morgan fingerprint density at radius 2 is 1.89 bits per heavy atom. The number of carboxylic acids is 1. The number of carboxylic acid groups (broad SMARTS) is 1. The minimum atomic E-state index is -1.14. The maximum Gasteiger partial charge on any atom is 0.354 e. The Morgan fingerprint density at radius 1 is 1.21 bits per heavy atom. The van der Waals surface area contributed by atoms with Crippen LogP contribution in [0, 0.1) is 0 Å². The molecule has 6 heteroatoms. The van der Waals surface area contributed by atoms with Gasteiger partial charge >= 0.3 is 5.97 Å². The van der Waals surface area contributed by atoms with Crippen LogP contribution in [0.2, 0.25) is 0 Å². The number of aromatic carboxylic acids is 1.